The van der Waals surface area contributed by atoms with Crippen molar-refractivity contribution in [3.63, 3.8) is 0 Å². The van der Waals surface area contributed by atoms with E-state index in [4.69, 9.17) is 20.9 Å². The molecule has 0 fully saturated rings. The highest BCUT2D eigenvalue weighted by atomic mass is 16.6. The molecule has 88 valence electrons. The van der Waals surface area contributed by atoms with Crippen LogP contribution in [0.25, 0.3) is 0 Å². The lowest BCUT2D eigenvalue weighted by Gasteiger charge is -2.19. The first-order valence-electron chi connectivity index (χ1n) is 4.87. The third-order valence-electron chi connectivity index (χ3n) is 1.81. The SMILES string of the molecule is CCCC(CC(C)OC(N)=O)OC(N)=O. The molecule has 2 amide bonds. The molecule has 0 aliphatic carbocycles. The summed E-state index contributed by atoms with van der Waals surface area (Å²) in [5, 5.41) is 0. The molecule has 6 heteroatoms. The lowest BCUT2D eigenvalue weighted by atomic mass is 10.1. The van der Waals surface area contributed by atoms with Crippen LogP contribution in [0.3, 0.4) is 0 Å². The van der Waals surface area contributed by atoms with Gasteiger partial charge in [-0.25, -0.2) is 9.59 Å². The average Bonchev–Trinajstić information content (AvgIpc) is 2.00. The van der Waals surface area contributed by atoms with Crippen molar-refractivity contribution in [3.8, 4) is 0 Å². The highest BCUT2D eigenvalue weighted by molar-refractivity contribution is 5.65. The Bertz CT molecular complexity index is 220. The van der Waals surface area contributed by atoms with E-state index < -0.39 is 18.3 Å². The van der Waals surface area contributed by atoms with E-state index in [0.29, 0.717) is 12.8 Å². The highest BCUT2D eigenvalue weighted by Crippen LogP contribution is 2.11. The zero-order valence-electron chi connectivity index (χ0n) is 9.06. The summed E-state index contributed by atoms with van der Waals surface area (Å²) in [6, 6.07) is 0. The van der Waals surface area contributed by atoms with Crippen molar-refractivity contribution in [2.24, 2.45) is 11.5 Å². The lowest BCUT2D eigenvalue weighted by Crippen LogP contribution is -2.29. The van der Waals surface area contributed by atoms with Crippen molar-refractivity contribution in [1.29, 1.82) is 0 Å². The fourth-order valence-corrected chi connectivity index (χ4v) is 1.33. The minimum atomic E-state index is -0.836. The largest absolute Gasteiger partial charge is 0.447 e. The Morgan fingerprint density at radius 2 is 1.73 bits per heavy atom. The Morgan fingerprint density at radius 1 is 1.20 bits per heavy atom. The Labute approximate surface area is 88.9 Å². The quantitative estimate of drug-likeness (QED) is 0.696. The van der Waals surface area contributed by atoms with E-state index in [1.807, 2.05) is 6.92 Å². The zero-order chi connectivity index (χ0) is 11.8. The summed E-state index contributed by atoms with van der Waals surface area (Å²) in [6.45, 7) is 3.63. The Balaban J connectivity index is 4.02. The molecule has 0 spiro atoms. The minimum absolute atomic E-state index is 0.332. The first-order valence-corrected chi connectivity index (χ1v) is 4.87. The van der Waals surface area contributed by atoms with Gasteiger partial charge in [-0.2, -0.15) is 0 Å². The summed E-state index contributed by atoms with van der Waals surface area (Å²) in [7, 11) is 0. The molecule has 0 heterocycles. The molecule has 2 atom stereocenters. The van der Waals surface area contributed by atoms with E-state index in [2.05, 4.69) is 0 Å². The van der Waals surface area contributed by atoms with Crippen LogP contribution in [-0.4, -0.2) is 24.4 Å². The van der Waals surface area contributed by atoms with Gasteiger partial charge in [-0.05, 0) is 13.3 Å². The molecule has 0 aliphatic rings. The van der Waals surface area contributed by atoms with Gasteiger partial charge in [-0.3, -0.25) is 0 Å². The average molecular weight is 218 g/mol. The van der Waals surface area contributed by atoms with E-state index in [-0.39, 0.29) is 6.10 Å². The first-order chi connectivity index (χ1) is 6.95. The molecule has 0 saturated carbocycles. The molecule has 0 rings (SSSR count). The van der Waals surface area contributed by atoms with Crippen molar-refractivity contribution in [1.82, 2.24) is 0 Å². The van der Waals surface area contributed by atoms with Gasteiger partial charge in [0.15, 0.2) is 0 Å². The number of amides is 2. The number of rotatable bonds is 6. The van der Waals surface area contributed by atoms with Crippen LogP contribution in [-0.2, 0) is 9.47 Å². The summed E-state index contributed by atoms with van der Waals surface area (Å²) >= 11 is 0. The molecule has 0 aromatic carbocycles. The predicted molar refractivity (Wildman–Crippen MR) is 54.1 cm³/mol. The van der Waals surface area contributed by atoms with Gasteiger partial charge >= 0.3 is 12.2 Å². The van der Waals surface area contributed by atoms with Gasteiger partial charge in [0.1, 0.15) is 12.2 Å². The fraction of sp³-hybridized carbons (Fsp3) is 0.778. The van der Waals surface area contributed by atoms with Crippen LogP contribution in [0.4, 0.5) is 9.59 Å². The van der Waals surface area contributed by atoms with E-state index in [9.17, 15) is 9.59 Å². The number of hydrogen-bond acceptors (Lipinski definition) is 4. The molecule has 2 unspecified atom stereocenters. The molecular formula is C9H18N2O4. The number of carbonyl (C=O) groups is 2. The van der Waals surface area contributed by atoms with Crippen molar-refractivity contribution >= 4 is 12.2 Å². The maximum absolute atomic E-state index is 10.6. The number of hydrogen-bond donors (Lipinski definition) is 2. The van der Waals surface area contributed by atoms with Crippen LogP contribution in [0.2, 0.25) is 0 Å². The summed E-state index contributed by atoms with van der Waals surface area (Å²) in [6.07, 6.45) is -0.451. The predicted octanol–water partition coefficient (Wildman–Crippen LogP) is 1.12. The topological polar surface area (TPSA) is 105 Å². The summed E-state index contributed by atoms with van der Waals surface area (Å²) in [4.78, 5) is 21.0. The summed E-state index contributed by atoms with van der Waals surface area (Å²) < 4.78 is 9.57. The molecule has 4 N–H and O–H groups in total. The molecule has 0 bridgehead atoms. The van der Waals surface area contributed by atoms with E-state index in [1.165, 1.54) is 0 Å². The van der Waals surface area contributed by atoms with Gasteiger partial charge < -0.3 is 20.9 Å². The molecule has 0 aromatic heterocycles. The van der Waals surface area contributed by atoms with Gasteiger partial charge in [0.05, 0.1) is 0 Å². The first kappa shape index (κ1) is 13.5. The molecule has 0 aromatic rings. The van der Waals surface area contributed by atoms with Crippen LogP contribution < -0.4 is 11.5 Å². The van der Waals surface area contributed by atoms with Gasteiger partial charge in [-0.1, -0.05) is 13.3 Å². The molecule has 15 heavy (non-hydrogen) atoms. The van der Waals surface area contributed by atoms with Gasteiger partial charge in [0, 0.05) is 6.42 Å². The van der Waals surface area contributed by atoms with Crippen molar-refractivity contribution in [2.75, 3.05) is 0 Å². The molecule has 0 saturated heterocycles. The lowest BCUT2D eigenvalue weighted by molar-refractivity contribution is 0.0492. The van der Waals surface area contributed by atoms with E-state index >= 15 is 0 Å². The molecule has 0 radical (unpaired) electrons. The van der Waals surface area contributed by atoms with Crippen molar-refractivity contribution in [2.45, 2.75) is 45.3 Å². The highest BCUT2D eigenvalue weighted by Gasteiger charge is 2.17. The van der Waals surface area contributed by atoms with Crippen LogP contribution in [0, 0.1) is 0 Å². The monoisotopic (exact) mass is 218 g/mol. The number of nitrogens with two attached hydrogens (primary N) is 2. The van der Waals surface area contributed by atoms with Crippen molar-refractivity contribution in [3.05, 3.63) is 0 Å². The second-order valence-electron chi connectivity index (χ2n) is 3.33. The van der Waals surface area contributed by atoms with Crippen LogP contribution in [0.1, 0.15) is 33.1 Å². The second kappa shape index (κ2) is 6.92. The molecule has 0 aliphatic heterocycles. The van der Waals surface area contributed by atoms with Gasteiger partial charge in [0.25, 0.3) is 0 Å². The van der Waals surface area contributed by atoms with E-state index in [1.54, 1.807) is 6.92 Å². The minimum Gasteiger partial charge on any atom is -0.447 e. The Morgan fingerprint density at radius 3 is 2.13 bits per heavy atom. The summed E-state index contributed by atoms with van der Waals surface area (Å²) in [5.41, 5.74) is 9.76. The number of primary amides is 2. The normalized spacial score (nSPS) is 14.0. The smallest absolute Gasteiger partial charge is 0.404 e. The fourth-order valence-electron chi connectivity index (χ4n) is 1.33. The third kappa shape index (κ3) is 7.60. The van der Waals surface area contributed by atoms with Gasteiger partial charge in [0.2, 0.25) is 0 Å². The van der Waals surface area contributed by atoms with Crippen LogP contribution >= 0.6 is 0 Å². The van der Waals surface area contributed by atoms with Crippen LogP contribution in [0.15, 0.2) is 0 Å². The standard InChI is InChI=1S/C9H18N2O4/c1-3-4-7(15-9(11)13)5-6(2)14-8(10)12/h6-7H,3-5H2,1-2H3,(H2,10,12)(H2,11,13). The Kier molecular flexibility index (Phi) is 6.24. The number of ether oxygens (including phenoxy) is 2. The Hall–Kier alpha value is -1.46. The zero-order valence-corrected chi connectivity index (χ0v) is 9.06. The third-order valence-corrected chi connectivity index (χ3v) is 1.81. The summed E-state index contributed by atoms with van der Waals surface area (Å²) in [5.74, 6) is 0. The molecular weight excluding hydrogens is 200 g/mol. The second-order valence-corrected chi connectivity index (χ2v) is 3.33. The van der Waals surface area contributed by atoms with Crippen molar-refractivity contribution < 1.29 is 19.1 Å². The van der Waals surface area contributed by atoms with Crippen LogP contribution in [0.5, 0.6) is 0 Å². The molecule has 6 nitrogen and oxygen atoms in total. The number of carbonyl (C=O) groups excluding carboxylic acids is 2. The maximum atomic E-state index is 10.6. The van der Waals surface area contributed by atoms with Gasteiger partial charge in [-0.15, -0.1) is 0 Å². The van der Waals surface area contributed by atoms with E-state index in [0.717, 1.165) is 6.42 Å². The maximum Gasteiger partial charge on any atom is 0.404 e.